The molecule has 79 heavy (non-hydrogen) atoms. The van der Waals surface area contributed by atoms with Gasteiger partial charge >= 0.3 is 30.0 Å². The third-order valence-electron chi connectivity index (χ3n) is 13.7. The number of Topliss-reactive ketones (excluding diaryl/α,β-unsaturated/α-hetero) is 2. The fraction of sp³-hybridized carbons (Fsp3) is 0.453. The molecule has 26 nitrogen and oxygen atoms in total. The summed E-state index contributed by atoms with van der Waals surface area (Å²) in [7, 11) is 2.70. The summed E-state index contributed by atoms with van der Waals surface area (Å²) < 4.78 is 14.8. The van der Waals surface area contributed by atoms with E-state index in [-0.39, 0.29) is 68.6 Å². The van der Waals surface area contributed by atoms with Gasteiger partial charge in [0, 0.05) is 25.9 Å². The van der Waals surface area contributed by atoms with Gasteiger partial charge in [-0.1, -0.05) is 48.5 Å². The van der Waals surface area contributed by atoms with Crippen LogP contribution < -0.4 is 21.3 Å². The first-order chi connectivity index (χ1) is 37.6. The van der Waals surface area contributed by atoms with Gasteiger partial charge in [0.15, 0.2) is 24.8 Å². The average Bonchev–Trinajstić information content (AvgIpc) is 3.74. The predicted molar refractivity (Wildman–Crippen MR) is 273 cm³/mol. The van der Waals surface area contributed by atoms with Gasteiger partial charge in [-0.25, -0.2) is 24.4 Å². The second-order valence-electron chi connectivity index (χ2n) is 19.1. The van der Waals surface area contributed by atoms with Crippen molar-refractivity contribution in [3.63, 3.8) is 0 Å². The zero-order chi connectivity index (χ0) is 57.7. The summed E-state index contributed by atoms with van der Waals surface area (Å²) in [5, 5.41) is 34.9. The molecule has 4 saturated heterocycles. The van der Waals surface area contributed by atoms with Gasteiger partial charge in [0.2, 0.25) is 23.6 Å². The van der Waals surface area contributed by atoms with Crippen molar-refractivity contribution in [3.05, 3.63) is 82.9 Å². The van der Waals surface area contributed by atoms with Crippen molar-refractivity contribution < 1.29 is 86.8 Å². The number of fused-ring (bicyclic) bond motifs is 3. The smallest absolute Gasteiger partial charge is 0.407 e. The van der Waals surface area contributed by atoms with E-state index in [1.165, 1.54) is 5.01 Å². The third kappa shape index (κ3) is 14.8. The lowest BCUT2D eigenvalue weighted by molar-refractivity contribution is -0.176. The summed E-state index contributed by atoms with van der Waals surface area (Å²) in [6, 6.07) is 10.2. The Labute approximate surface area is 452 Å². The molecular formula is C53H62N8O18. The van der Waals surface area contributed by atoms with Gasteiger partial charge in [0.1, 0.15) is 30.2 Å². The van der Waals surface area contributed by atoms with Crippen molar-refractivity contribution in [1.29, 1.82) is 0 Å². The second-order valence-corrected chi connectivity index (χ2v) is 19.1. The summed E-state index contributed by atoms with van der Waals surface area (Å²) in [6.07, 6.45) is -0.987. The van der Waals surface area contributed by atoms with E-state index in [0.29, 0.717) is 24.0 Å². The van der Waals surface area contributed by atoms with Gasteiger partial charge in [0.05, 0.1) is 37.1 Å². The molecule has 422 valence electrons. The number of alkyl carbamates (subject to hydrolysis) is 1. The first kappa shape index (κ1) is 59.4. The molecule has 3 aromatic carbocycles. The molecule has 6 N–H and O–H groups in total. The normalized spacial score (nSPS) is 19.8. The van der Waals surface area contributed by atoms with E-state index in [2.05, 4.69) is 26.0 Å². The van der Waals surface area contributed by atoms with Crippen LogP contribution in [0.15, 0.2) is 60.7 Å². The average molecular weight is 1100 g/mol. The Bertz CT molecular complexity index is 2890. The highest BCUT2D eigenvalue weighted by Gasteiger charge is 2.47. The Hall–Kier alpha value is -8.81. The molecule has 0 aromatic heterocycles. The number of ketones is 2. The molecule has 6 atom stereocenters. The number of aryl methyl sites for hydroxylation is 2. The largest absolute Gasteiger partial charge is 0.481 e. The van der Waals surface area contributed by atoms with Crippen LogP contribution in [0.5, 0.6) is 0 Å². The van der Waals surface area contributed by atoms with E-state index in [4.69, 9.17) is 9.47 Å². The monoisotopic (exact) mass is 1100 g/mol. The maximum absolute atomic E-state index is 13.3. The molecule has 0 radical (unpaired) electrons. The zero-order valence-corrected chi connectivity index (χ0v) is 43.9. The first-order valence-electron chi connectivity index (χ1n) is 25.4. The highest BCUT2D eigenvalue weighted by Crippen LogP contribution is 2.27. The molecule has 0 spiro atoms. The minimum absolute atomic E-state index is 0.0139. The van der Waals surface area contributed by atoms with Crippen molar-refractivity contribution in [1.82, 2.24) is 41.3 Å². The van der Waals surface area contributed by atoms with Crippen LogP contribution >= 0.6 is 0 Å². The number of carboxylic acid groups (broad SMARTS) is 2. The second kappa shape index (κ2) is 27.0. The topological polar surface area (TPSA) is 351 Å². The Kier molecular flexibility index (Phi) is 20.3. The Morgan fingerprint density at radius 1 is 0.620 bits per heavy atom. The van der Waals surface area contributed by atoms with Crippen molar-refractivity contribution in [3.8, 4) is 0 Å². The minimum Gasteiger partial charge on any atom is -0.481 e. The summed E-state index contributed by atoms with van der Waals surface area (Å²) in [5.74, 6) is -9.52. The maximum atomic E-state index is 13.3. The van der Waals surface area contributed by atoms with Crippen LogP contribution in [0.2, 0.25) is 0 Å². The quantitative estimate of drug-likeness (QED) is 0.0761. The number of hydrogen-bond donors (Lipinski definition) is 6. The number of ether oxygens (including phenoxy) is 3. The summed E-state index contributed by atoms with van der Waals surface area (Å²) in [4.78, 5) is 164. The van der Waals surface area contributed by atoms with E-state index in [9.17, 15) is 72.5 Å². The number of nitrogens with zero attached hydrogens (tertiary/aromatic N) is 4. The minimum atomic E-state index is -1.58. The molecule has 0 unspecified atom stereocenters. The van der Waals surface area contributed by atoms with E-state index in [1.54, 1.807) is 57.3 Å². The molecule has 4 aliphatic rings. The molecular weight excluding hydrogens is 1040 g/mol. The van der Waals surface area contributed by atoms with Crippen LogP contribution in [-0.2, 0) is 62.2 Å². The number of likely N-dealkylation sites (N-methyl/N-ethyl adjacent to an activating group) is 1. The fourth-order valence-corrected chi connectivity index (χ4v) is 9.61. The van der Waals surface area contributed by atoms with Gasteiger partial charge in [-0.05, 0) is 93.5 Å². The van der Waals surface area contributed by atoms with Crippen molar-refractivity contribution in [2.24, 2.45) is 0 Å². The number of carbonyl (C=O) groups is 13. The number of hydrazine groups is 2. The third-order valence-corrected chi connectivity index (χ3v) is 13.7. The van der Waals surface area contributed by atoms with Crippen LogP contribution in [0, 0.1) is 13.8 Å². The summed E-state index contributed by atoms with van der Waals surface area (Å²) in [6.45, 7) is 2.27. The lowest BCUT2D eigenvalue weighted by Gasteiger charge is -2.43. The van der Waals surface area contributed by atoms with Gasteiger partial charge in [-0.2, -0.15) is 0 Å². The van der Waals surface area contributed by atoms with E-state index >= 15 is 0 Å². The van der Waals surface area contributed by atoms with Crippen LogP contribution in [0.1, 0.15) is 96.1 Å². The van der Waals surface area contributed by atoms with Gasteiger partial charge < -0.3 is 45.7 Å². The van der Waals surface area contributed by atoms with Crippen LogP contribution in [0.3, 0.4) is 0 Å². The maximum Gasteiger partial charge on any atom is 0.407 e. The number of amides is 7. The number of esters is 2. The fourth-order valence-electron chi connectivity index (χ4n) is 9.61. The number of benzene rings is 3. The summed E-state index contributed by atoms with van der Waals surface area (Å²) in [5.41, 5.74) is 1.75. The standard InChI is InChI=1S/C27H30N4O8.C26H32N4O10/c1-28-19-10-11-23(33)30-12-4-7-21(31(30)26(19)37)25(36)29-20(14-24(34)35)22(32)15-39-27(38)18-9-8-16-5-2-3-6-17(16)13-18;1-14-6-4-7-15(2)22(14)25(37)40-13-19(31)17(12-21(33)34)27-23(35)18-8-5-11-29-20(32)10-9-16(24(36)30(18)29)28-26(38)39-3/h2-3,5-6,8-9,13,19-21,28H,4,7,10-12,14-15H2,1H3,(H,29,36)(H,34,35);4,6-7,16-18H,5,8-13H2,1-3H3,(H,27,35)(H,28,38)(H,33,34)/t19-,20-,21-;16-,17-,18-/m00/s1. The van der Waals surface area contributed by atoms with Crippen molar-refractivity contribution >= 4 is 87.8 Å². The number of carboxylic acids is 2. The van der Waals surface area contributed by atoms with E-state index in [0.717, 1.165) is 32.9 Å². The molecule has 3 aromatic rings. The van der Waals surface area contributed by atoms with Crippen LogP contribution in [0.25, 0.3) is 10.8 Å². The molecule has 4 fully saturated rings. The SMILES string of the molecule is CN[C@H]1CCC(=O)N2CCC[C@@H](C(=O)N[C@@H](CC(=O)O)C(=O)COC(=O)c3ccc4ccccc4c3)N2C1=O.COC(=O)N[C@H]1CCC(=O)N2CCC[C@@H](C(=O)N[C@@H](CC(=O)O)C(=O)COC(=O)c3c(C)cccc3C)N2C1=O. The Balaban J connectivity index is 0.000000255. The van der Waals surface area contributed by atoms with Crippen molar-refractivity contribution in [2.75, 3.05) is 40.5 Å². The van der Waals surface area contributed by atoms with Crippen molar-refractivity contribution in [2.45, 2.75) is 114 Å². The highest BCUT2D eigenvalue weighted by molar-refractivity contribution is 6.01. The molecule has 26 heteroatoms. The number of methoxy groups -OCH3 is 1. The molecule has 0 saturated carbocycles. The molecule has 0 aliphatic carbocycles. The van der Waals surface area contributed by atoms with E-state index in [1.807, 2.05) is 24.3 Å². The number of nitrogens with one attached hydrogen (secondary N) is 4. The van der Waals surface area contributed by atoms with E-state index < -0.39 is 133 Å². The van der Waals surface area contributed by atoms with Gasteiger partial charge in [0.25, 0.3) is 11.8 Å². The Morgan fingerprint density at radius 2 is 1.10 bits per heavy atom. The molecule has 7 amide bonds. The zero-order valence-electron chi connectivity index (χ0n) is 43.9. The molecule has 4 heterocycles. The molecule has 4 aliphatic heterocycles. The van der Waals surface area contributed by atoms with Crippen LogP contribution in [-0.4, -0.2) is 184 Å². The van der Waals surface area contributed by atoms with Gasteiger partial charge in [-0.15, -0.1) is 0 Å². The Morgan fingerprint density at radius 3 is 1.59 bits per heavy atom. The first-order valence-corrected chi connectivity index (χ1v) is 25.4. The molecule has 7 rings (SSSR count). The van der Waals surface area contributed by atoms with Crippen LogP contribution in [0.4, 0.5) is 4.79 Å². The summed E-state index contributed by atoms with van der Waals surface area (Å²) >= 11 is 0. The number of rotatable bonds is 18. The molecule has 0 bridgehead atoms. The number of aliphatic carboxylic acids is 2. The highest BCUT2D eigenvalue weighted by atomic mass is 16.5. The lowest BCUT2D eigenvalue weighted by atomic mass is 10.0. The number of hydrogen-bond acceptors (Lipinski definition) is 17. The lowest BCUT2D eigenvalue weighted by Crippen LogP contribution is -2.64. The number of carbonyl (C=O) groups excluding carboxylic acids is 11. The predicted octanol–water partition coefficient (Wildman–Crippen LogP) is 0.883. The van der Waals surface area contributed by atoms with Gasteiger partial charge in [-0.3, -0.25) is 58.0 Å².